The third kappa shape index (κ3) is 5.05. The van der Waals surface area contributed by atoms with Gasteiger partial charge in [-0.3, -0.25) is 9.59 Å². The standard InChI is InChI=1S/C17H16BrN3O4/c1-24-14-8-7-11(9-15(14)25-2)10-19-21-17(23)16(22)20-13-6-4-3-5-12(13)18/h3-10H,1-2H3,(H,20,22)(H,21,23)/b19-10-. The number of carbonyl (C=O) groups is 2. The molecule has 7 nitrogen and oxygen atoms in total. The Morgan fingerprint density at radius 1 is 1.04 bits per heavy atom. The molecule has 0 fully saturated rings. The molecular weight excluding hydrogens is 390 g/mol. The van der Waals surface area contributed by atoms with Gasteiger partial charge in [-0.1, -0.05) is 12.1 Å². The second kappa shape index (κ2) is 8.84. The molecule has 0 saturated heterocycles. The maximum Gasteiger partial charge on any atom is 0.329 e. The minimum absolute atomic E-state index is 0.492. The van der Waals surface area contributed by atoms with Crippen LogP contribution in [0, 0.1) is 0 Å². The van der Waals surface area contributed by atoms with Crippen LogP contribution in [0.2, 0.25) is 0 Å². The number of amides is 2. The van der Waals surface area contributed by atoms with Gasteiger partial charge in [0.2, 0.25) is 0 Å². The van der Waals surface area contributed by atoms with Crippen LogP contribution in [-0.4, -0.2) is 32.2 Å². The van der Waals surface area contributed by atoms with Crippen molar-refractivity contribution in [1.82, 2.24) is 5.43 Å². The first-order valence-corrected chi connectivity index (χ1v) is 7.95. The number of carbonyl (C=O) groups excluding carboxylic acids is 2. The summed E-state index contributed by atoms with van der Waals surface area (Å²) in [6.45, 7) is 0. The molecule has 2 rings (SSSR count). The van der Waals surface area contributed by atoms with Gasteiger partial charge in [0.25, 0.3) is 0 Å². The van der Waals surface area contributed by atoms with Crippen LogP contribution in [0.25, 0.3) is 0 Å². The zero-order valence-corrected chi connectivity index (χ0v) is 15.2. The van der Waals surface area contributed by atoms with Crippen molar-refractivity contribution in [2.45, 2.75) is 0 Å². The Morgan fingerprint density at radius 2 is 1.76 bits per heavy atom. The van der Waals surface area contributed by atoms with E-state index in [1.165, 1.54) is 20.4 Å². The highest BCUT2D eigenvalue weighted by Gasteiger charge is 2.14. The predicted octanol–water partition coefficient (Wildman–Crippen LogP) is 2.56. The fourth-order valence-corrected chi connectivity index (χ4v) is 2.27. The van der Waals surface area contributed by atoms with Crippen molar-refractivity contribution in [3.05, 3.63) is 52.5 Å². The van der Waals surface area contributed by atoms with Crippen LogP contribution in [-0.2, 0) is 9.59 Å². The zero-order chi connectivity index (χ0) is 18.2. The molecule has 2 amide bonds. The van der Waals surface area contributed by atoms with Gasteiger partial charge >= 0.3 is 11.8 Å². The Bertz CT molecular complexity index is 808. The second-order valence-corrected chi connectivity index (χ2v) is 5.60. The minimum Gasteiger partial charge on any atom is -0.493 e. The number of para-hydroxylation sites is 1. The number of hydrogen-bond donors (Lipinski definition) is 2. The van der Waals surface area contributed by atoms with E-state index in [2.05, 4.69) is 31.8 Å². The number of halogens is 1. The first-order valence-electron chi connectivity index (χ1n) is 7.16. The molecule has 25 heavy (non-hydrogen) atoms. The number of benzene rings is 2. The number of methoxy groups -OCH3 is 2. The van der Waals surface area contributed by atoms with Gasteiger partial charge in [-0.2, -0.15) is 5.10 Å². The summed E-state index contributed by atoms with van der Waals surface area (Å²) in [7, 11) is 3.06. The van der Waals surface area contributed by atoms with Gasteiger partial charge in [-0.05, 0) is 51.8 Å². The number of hydrogen-bond acceptors (Lipinski definition) is 5. The summed E-state index contributed by atoms with van der Waals surface area (Å²) in [6.07, 6.45) is 1.39. The van der Waals surface area contributed by atoms with E-state index in [1.807, 2.05) is 0 Å². The summed E-state index contributed by atoms with van der Waals surface area (Å²) >= 11 is 3.28. The van der Waals surface area contributed by atoms with E-state index >= 15 is 0 Å². The van der Waals surface area contributed by atoms with Gasteiger partial charge in [-0.15, -0.1) is 0 Å². The fourth-order valence-electron chi connectivity index (χ4n) is 1.89. The zero-order valence-electron chi connectivity index (χ0n) is 13.6. The molecule has 2 aromatic carbocycles. The van der Waals surface area contributed by atoms with Crippen LogP contribution in [0.1, 0.15) is 5.56 Å². The third-order valence-corrected chi connectivity index (χ3v) is 3.81. The Morgan fingerprint density at radius 3 is 2.44 bits per heavy atom. The van der Waals surface area contributed by atoms with Crippen molar-refractivity contribution in [3.8, 4) is 11.5 Å². The number of nitrogens with zero attached hydrogens (tertiary/aromatic N) is 1. The lowest BCUT2D eigenvalue weighted by atomic mass is 10.2. The average molecular weight is 406 g/mol. The Kier molecular flexibility index (Phi) is 6.53. The molecule has 0 unspecified atom stereocenters. The lowest BCUT2D eigenvalue weighted by Crippen LogP contribution is -2.32. The molecule has 2 N–H and O–H groups in total. The van der Waals surface area contributed by atoms with E-state index in [1.54, 1.807) is 42.5 Å². The monoisotopic (exact) mass is 405 g/mol. The Labute approximate surface area is 153 Å². The molecule has 0 bridgehead atoms. The molecule has 0 saturated carbocycles. The number of ether oxygens (including phenoxy) is 2. The number of hydrazone groups is 1. The summed E-state index contributed by atoms with van der Waals surface area (Å²) in [6, 6.07) is 12.1. The maximum absolute atomic E-state index is 11.8. The van der Waals surface area contributed by atoms with Crippen LogP contribution in [0.5, 0.6) is 11.5 Å². The van der Waals surface area contributed by atoms with E-state index in [9.17, 15) is 9.59 Å². The molecule has 0 aliphatic rings. The Balaban J connectivity index is 1.96. The molecule has 0 spiro atoms. The van der Waals surface area contributed by atoms with E-state index in [4.69, 9.17) is 9.47 Å². The van der Waals surface area contributed by atoms with E-state index in [-0.39, 0.29) is 0 Å². The van der Waals surface area contributed by atoms with Crippen molar-refractivity contribution in [3.63, 3.8) is 0 Å². The van der Waals surface area contributed by atoms with Crippen molar-refractivity contribution < 1.29 is 19.1 Å². The maximum atomic E-state index is 11.8. The van der Waals surface area contributed by atoms with Gasteiger partial charge in [-0.25, -0.2) is 5.43 Å². The lowest BCUT2D eigenvalue weighted by Gasteiger charge is -2.07. The second-order valence-electron chi connectivity index (χ2n) is 4.75. The van der Waals surface area contributed by atoms with Gasteiger partial charge in [0.15, 0.2) is 11.5 Å². The van der Waals surface area contributed by atoms with Gasteiger partial charge in [0.1, 0.15) is 0 Å². The first-order chi connectivity index (χ1) is 12.0. The van der Waals surface area contributed by atoms with Gasteiger partial charge in [0.05, 0.1) is 26.1 Å². The fraction of sp³-hybridized carbons (Fsp3) is 0.118. The summed E-state index contributed by atoms with van der Waals surface area (Å²) in [5.74, 6) is -0.593. The molecule has 8 heteroatoms. The largest absolute Gasteiger partial charge is 0.493 e. The van der Waals surface area contributed by atoms with E-state index in [0.717, 1.165) is 0 Å². The van der Waals surface area contributed by atoms with Crippen LogP contribution in [0.15, 0.2) is 52.0 Å². The van der Waals surface area contributed by atoms with Crippen molar-refractivity contribution >= 4 is 39.6 Å². The number of anilines is 1. The third-order valence-electron chi connectivity index (χ3n) is 3.12. The van der Waals surface area contributed by atoms with Crippen LogP contribution in [0.3, 0.4) is 0 Å². The highest BCUT2D eigenvalue weighted by molar-refractivity contribution is 9.10. The highest BCUT2D eigenvalue weighted by Crippen LogP contribution is 2.26. The molecule has 130 valence electrons. The number of nitrogens with one attached hydrogen (secondary N) is 2. The van der Waals surface area contributed by atoms with Crippen molar-refractivity contribution in [2.75, 3.05) is 19.5 Å². The van der Waals surface area contributed by atoms with Crippen molar-refractivity contribution in [1.29, 1.82) is 0 Å². The molecule has 0 aliphatic carbocycles. The van der Waals surface area contributed by atoms with E-state index in [0.29, 0.717) is 27.2 Å². The Hall–Kier alpha value is -2.87. The van der Waals surface area contributed by atoms with Crippen LogP contribution in [0.4, 0.5) is 5.69 Å². The molecular formula is C17H16BrN3O4. The normalized spacial score (nSPS) is 10.4. The molecule has 0 heterocycles. The van der Waals surface area contributed by atoms with Crippen LogP contribution < -0.4 is 20.2 Å². The summed E-state index contributed by atoms with van der Waals surface area (Å²) in [5, 5.41) is 6.25. The highest BCUT2D eigenvalue weighted by atomic mass is 79.9. The average Bonchev–Trinajstić information content (AvgIpc) is 2.63. The minimum atomic E-state index is -0.882. The van der Waals surface area contributed by atoms with Gasteiger partial charge < -0.3 is 14.8 Å². The molecule has 0 aliphatic heterocycles. The summed E-state index contributed by atoms with van der Waals surface area (Å²) in [4.78, 5) is 23.6. The smallest absolute Gasteiger partial charge is 0.329 e. The summed E-state index contributed by atoms with van der Waals surface area (Å²) < 4.78 is 11.0. The molecule has 0 radical (unpaired) electrons. The lowest BCUT2D eigenvalue weighted by molar-refractivity contribution is -0.136. The topological polar surface area (TPSA) is 89.0 Å². The van der Waals surface area contributed by atoms with Gasteiger partial charge in [0, 0.05) is 4.47 Å². The first kappa shape index (κ1) is 18.5. The molecule has 0 aromatic heterocycles. The quantitative estimate of drug-likeness (QED) is 0.454. The molecule has 0 atom stereocenters. The van der Waals surface area contributed by atoms with E-state index < -0.39 is 11.8 Å². The molecule has 2 aromatic rings. The van der Waals surface area contributed by atoms with Crippen LogP contribution >= 0.6 is 15.9 Å². The SMILES string of the molecule is COc1ccc(/C=N\NC(=O)C(=O)Nc2ccccc2Br)cc1OC. The predicted molar refractivity (Wildman–Crippen MR) is 98.1 cm³/mol. The van der Waals surface area contributed by atoms with Crippen molar-refractivity contribution in [2.24, 2.45) is 5.10 Å². The number of rotatable bonds is 5. The summed E-state index contributed by atoms with van der Waals surface area (Å²) in [5.41, 5.74) is 3.33.